The summed E-state index contributed by atoms with van der Waals surface area (Å²) in [5, 5.41) is 8.76. The molecule has 0 aromatic rings. The van der Waals surface area contributed by atoms with Crippen molar-refractivity contribution in [3.8, 4) is 6.07 Å². The quantitative estimate of drug-likeness (QED) is 0.613. The summed E-state index contributed by atoms with van der Waals surface area (Å²) < 4.78 is 0. The normalized spacial score (nSPS) is 13.1. The molecule has 0 N–H and O–H groups in total. The van der Waals surface area contributed by atoms with Crippen molar-refractivity contribution in [2.45, 2.75) is 27.7 Å². The van der Waals surface area contributed by atoms with Gasteiger partial charge in [0.2, 0.25) is 0 Å². The highest BCUT2D eigenvalue weighted by molar-refractivity contribution is 4.81. The van der Waals surface area contributed by atoms with Crippen LogP contribution in [0.3, 0.4) is 0 Å². The van der Waals surface area contributed by atoms with Crippen LogP contribution in [0.4, 0.5) is 0 Å². The van der Waals surface area contributed by atoms with E-state index in [0.717, 1.165) is 39.3 Å². The van der Waals surface area contributed by atoms with Crippen LogP contribution >= 0.6 is 0 Å². The second-order valence-electron chi connectivity index (χ2n) is 3.95. The Morgan fingerprint density at radius 3 is 1.87 bits per heavy atom. The van der Waals surface area contributed by atoms with E-state index < -0.39 is 0 Å². The molecule has 0 aliphatic rings. The summed E-state index contributed by atoms with van der Waals surface area (Å²) in [5.41, 5.74) is 0. The van der Waals surface area contributed by atoms with Crippen molar-refractivity contribution in [1.82, 2.24) is 9.80 Å². The zero-order valence-corrected chi connectivity index (χ0v) is 10.7. The molecular weight excluding hydrogens is 186 g/mol. The van der Waals surface area contributed by atoms with Crippen LogP contribution in [0.1, 0.15) is 27.7 Å². The minimum atomic E-state index is 0.140. The monoisotopic (exact) mass is 211 g/mol. The van der Waals surface area contributed by atoms with E-state index in [4.69, 9.17) is 5.26 Å². The van der Waals surface area contributed by atoms with Gasteiger partial charge in [0.05, 0.1) is 12.0 Å². The van der Waals surface area contributed by atoms with Crippen molar-refractivity contribution in [2.24, 2.45) is 5.92 Å². The molecule has 3 heteroatoms. The van der Waals surface area contributed by atoms with E-state index in [9.17, 15) is 0 Å². The Morgan fingerprint density at radius 2 is 1.47 bits per heavy atom. The fourth-order valence-corrected chi connectivity index (χ4v) is 1.63. The van der Waals surface area contributed by atoms with E-state index in [2.05, 4.69) is 36.6 Å². The fourth-order valence-electron chi connectivity index (χ4n) is 1.63. The van der Waals surface area contributed by atoms with Crippen molar-refractivity contribution in [3.05, 3.63) is 0 Å². The Bertz CT molecular complexity index is 182. The third kappa shape index (κ3) is 6.48. The minimum Gasteiger partial charge on any atom is -0.303 e. The third-order valence-electron chi connectivity index (χ3n) is 2.83. The smallest absolute Gasteiger partial charge is 0.0666 e. The second-order valence-corrected chi connectivity index (χ2v) is 3.95. The lowest BCUT2D eigenvalue weighted by molar-refractivity contribution is 0.211. The maximum atomic E-state index is 8.76. The van der Waals surface area contributed by atoms with Crippen LogP contribution in [0.25, 0.3) is 0 Å². The van der Waals surface area contributed by atoms with Gasteiger partial charge in [0, 0.05) is 19.6 Å². The first kappa shape index (κ1) is 14.4. The molecule has 0 aromatic carbocycles. The van der Waals surface area contributed by atoms with Gasteiger partial charge in [0.15, 0.2) is 0 Å². The Kier molecular flexibility index (Phi) is 8.35. The number of nitrogens with zero attached hydrogens (tertiary/aromatic N) is 3. The van der Waals surface area contributed by atoms with Crippen LogP contribution in [0.2, 0.25) is 0 Å². The minimum absolute atomic E-state index is 0.140. The molecule has 1 atom stereocenters. The summed E-state index contributed by atoms with van der Waals surface area (Å²) in [5.74, 6) is 0.140. The summed E-state index contributed by atoms with van der Waals surface area (Å²) in [7, 11) is 0. The Labute approximate surface area is 94.7 Å². The summed E-state index contributed by atoms with van der Waals surface area (Å²) in [6.45, 7) is 14.9. The summed E-state index contributed by atoms with van der Waals surface area (Å²) in [6.07, 6.45) is 0. The Morgan fingerprint density at radius 1 is 1.00 bits per heavy atom. The first-order valence-corrected chi connectivity index (χ1v) is 6.02. The van der Waals surface area contributed by atoms with Crippen molar-refractivity contribution in [1.29, 1.82) is 5.26 Å². The van der Waals surface area contributed by atoms with Gasteiger partial charge in [-0.05, 0) is 26.6 Å². The molecule has 0 aliphatic carbocycles. The maximum Gasteiger partial charge on any atom is 0.0666 e. The van der Waals surface area contributed by atoms with Crippen LogP contribution in [0.5, 0.6) is 0 Å². The number of rotatable bonds is 8. The number of hydrogen-bond donors (Lipinski definition) is 0. The van der Waals surface area contributed by atoms with E-state index in [-0.39, 0.29) is 5.92 Å². The van der Waals surface area contributed by atoms with Gasteiger partial charge in [-0.25, -0.2) is 0 Å². The Hall–Kier alpha value is -0.590. The number of likely N-dealkylation sites (N-methyl/N-ethyl adjacent to an activating group) is 2. The lowest BCUT2D eigenvalue weighted by Gasteiger charge is -2.25. The molecule has 0 rings (SSSR count). The molecule has 15 heavy (non-hydrogen) atoms. The van der Waals surface area contributed by atoms with E-state index in [0.29, 0.717) is 0 Å². The van der Waals surface area contributed by atoms with Gasteiger partial charge in [0.25, 0.3) is 0 Å². The molecule has 3 nitrogen and oxygen atoms in total. The summed E-state index contributed by atoms with van der Waals surface area (Å²) >= 11 is 0. The standard InChI is InChI=1S/C12H25N3/c1-5-14(6-2)8-9-15(7-3)11-12(4)10-13/h12H,5-9,11H2,1-4H3. The highest BCUT2D eigenvalue weighted by Crippen LogP contribution is 1.99. The molecular formula is C12H25N3. The first-order chi connectivity index (χ1) is 7.17. The van der Waals surface area contributed by atoms with E-state index in [1.165, 1.54) is 0 Å². The fraction of sp³-hybridized carbons (Fsp3) is 0.917. The summed E-state index contributed by atoms with van der Waals surface area (Å²) in [6, 6.07) is 2.29. The zero-order chi connectivity index (χ0) is 11.7. The number of hydrogen-bond acceptors (Lipinski definition) is 3. The van der Waals surface area contributed by atoms with Gasteiger partial charge < -0.3 is 9.80 Å². The molecule has 0 aromatic heterocycles. The molecule has 0 amide bonds. The molecule has 0 aliphatic heterocycles. The van der Waals surface area contributed by atoms with Crippen LogP contribution in [-0.2, 0) is 0 Å². The maximum absolute atomic E-state index is 8.76. The molecule has 0 spiro atoms. The average molecular weight is 211 g/mol. The molecule has 0 heterocycles. The molecule has 0 fully saturated rings. The van der Waals surface area contributed by atoms with Gasteiger partial charge in [-0.2, -0.15) is 5.26 Å². The second kappa shape index (κ2) is 8.70. The molecule has 0 radical (unpaired) electrons. The lowest BCUT2D eigenvalue weighted by atomic mass is 10.2. The van der Waals surface area contributed by atoms with Crippen LogP contribution < -0.4 is 0 Å². The van der Waals surface area contributed by atoms with Crippen LogP contribution in [-0.4, -0.2) is 49.1 Å². The first-order valence-electron chi connectivity index (χ1n) is 6.02. The zero-order valence-electron chi connectivity index (χ0n) is 10.7. The van der Waals surface area contributed by atoms with Gasteiger partial charge in [-0.1, -0.05) is 20.8 Å². The van der Waals surface area contributed by atoms with Gasteiger partial charge >= 0.3 is 0 Å². The third-order valence-corrected chi connectivity index (χ3v) is 2.83. The lowest BCUT2D eigenvalue weighted by Crippen LogP contribution is -2.36. The largest absolute Gasteiger partial charge is 0.303 e. The SMILES string of the molecule is CCN(CC)CCN(CC)CC(C)C#N. The van der Waals surface area contributed by atoms with E-state index >= 15 is 0 Å². The van der Waals surface area contributed by atoms with Crippen molar-refractivity contribution in [2.75, 3.05) is 39.3 Å². The molecule has 0 bridgehead atoms. The van der Waals surface area contributed by atoms with Gasteiger partial charge in [-0.15, -0.1) is 0 Å². The van der Waals surface area contributed by atoms with Crippen molar-refractivity contribution < 1.29 is 0 Å². The van der Waals surface area contributed by atoms with Crippen LogP contribution in [0, 0.1) is 17.2 Å². The molecule has 0 saturated carbocycles. The van der Waals surface area contributed by atoms with E-state index in [1.807, 2.05) is 6.92 Å². The van der Waals surface area contributed by atoms with Gasteiger partial charge in [0.1, 0.15) is 0 Å². The van der Waals surface area contributed by atoms with Crippen molar-refractivity contribution >= 4 is 0 Å². The molecule has 1 unspecified atom stereocenters. The van der Waals surface area contributed by atoms with Crippen molar-refractivity contribution in [3.63, 3.8) is 0 Å². The van der Waals surface area contributed by atoms with Gasteiger partial charge in [-0.3, -0.25) is 0 Å². The average Bonchev–Trinajstić information content (AvgIpc) is 2.28. The topological polar surface area (TPSA) is 30.3 Å². The van der Waals surface area contributed by atoms with E-state index in [1.54, 1.807) is 0 Å². The molecule has 0 saturated heterocycles. The van der Waals surface area contributed by atoms with Crippen LogP contribution in [0.15, 0.2) is 0 Å². The Balaban J connectivity index is 3.84. The predicted octanol–water partition coefficient (Wildman–Crippen LogP) is 1.81. The molecule has 88 valence electrons. The summed E-state index contributed by atoms with van der Waals surface area (Å²) in [4.78, 5) is 4.77. The highest BCUT2D eigenvalue weighted by atomic mass is 15.2. The predicted molar refractivity (Wildman–Crippen MR) is 64.7 cm³/mol. The highest BCUT2D eigenvalue weighted by Gasteiger charge is 2.08. The number of nitriles is 1.